The van der Waals surface area contributed by atoms with Gasteiger partial charge in [0.2, 0.25) is 5.91 Å². The molecule has 1 aromatic heterocycles. The summed E-state index contributed by atoms with van der Waals surface area (Å²) in [5, 5.41) is 3.55. The fourth-order valence-corrected chi connectivity index (χ4v) is 2.75. The van der Waals surface area contributed by atoms with Crippen molar-refractivity contribution in [2.75, 3.05) is 6.54 Å². The van der Waals surface area contributed by atoms with Crippen LogP contribution in [0, 0.1) is 5.92 Å². The van der Waals surface area contributed by atoms with Crippen molar-refractivity contribution in [3.8, 4) is 0 Å². The molecular formula is C18H27ClN4O2. The zero-order valence-electron chi connectivity index (χ0n) is 14.7. The Morgan fingerprint density at radius 1 is 1.32 bits per heavy atom. The molecule has 0 radical (unpaired) electrons. The lowest BCUT2D eigenvalue weighted by atomic mass is 10.0. The van der Waals surface area contributed by atoms with Crippen LogP contribution in [0.2, 0.25) is 0 Å². The van der Waals surface area contributed by atoms with Gasteiger partial charge in [0, 0.05) is 25.4 Å². The maximum atomic E-state index is 12.0. The molecule has 1 aromatic carbocycles. The quantitative estimate of drug-likeness (QED) is 0.666. The summed E-state index contributed by atoms with van der Waals surface area (Å²) in [6.45, 7) is 4.66. The average molecular weight is 367 g/mol. The lowest BCUT2D eigenvalue weighted by molar-refractivity contribution is -0.121. The molecule has 7 heteroatoms. The summed E-state index contributed by atoms with van der Waals surface area (Å²) in [5.41, 5.74) is 6.24. The number of nitrogens with zero attached hydrogens (tertiary/aromatic N) is 1. The fourth-order valence-electron chi connectivity index (χ4n) is 2.75. The van der Waals surface area contributed by atoms with Gasteiger partial charge < -0.3 is 16.0 Å². The second kappa shape index (κ2) is 10.2. The average Bonchev–Trinajstić information content (AvgIpc) is 2.54. The number of carbonyl (C=O) groups excluding carboxylic acids is 1. The first-order valence-corrected chi connectivity index (χ1v) is 8.47. The van der Waals surface area contributed by atoms with E-state index in [4.69, 9.17) is 5.73 Å². The number of nitrogens with two attached hydrogens (primary N) is 1. The van der Waals surface area contributed by atoms with Gasteiger partial charge in [0.15, 0.2) is 0 Å². The number of aryl methyl sites for hydroxylation is 1. The zero-order valence-corrected chi connectivity index (χ0v) is 15.6. The Bertz CT molecular complexity index is 745. The lowest BCUT2D eigenvalue weighted by Gasteiger charge is -2.18. The number of hydrogen-bond donors (Lipinski definition) is 3. The van der Waals surface area contributed by atoms with E-state index in [-0.39, 0.29) is 29.9 Å². The van der Waals surface area contributed by atoms with Gasteiger partial charge in [-0.15, -0.1) is 12.4 Å². The Kier molecular flexibility index (Phi) is 8.58. The predicted octanol–water partition coefficient (Wildman–Crippen LogP) is 2.16. The van der Waals surface area contributed by atoms with Crippen molar-refractivity contribution in [1.29, 1.82) is 0 Å². The van der Waals surface area contributed by atoms with Crippen molar-refractivity contribution in [2.24, 2.45) is 11.7 Å². The number of para-hydroxylation sites is 1. The summed E-state index contributed by atoms with van der Waals surface area (Å²) in [6, 6.07) is 7.26. The van der Waals surface area contributed by atoms with Crippen LogP contribution in [0.4, 0.5) is 0 Å². The first-order valence-electron chi connectivity index (χ1n) is 8.47. The smallest absolute Gasteiger partial charge is 0.258 e. The van der Waals surface area contributed by atoms with Crippen LogP contribution in [0.5, 0.6) is 0 Å². The molecule has 0 saturated carbocycles. The molecular weight excluding hydrogens is 340 g/mol. The fraction of sp³-hybridized carbons (Fsp3) is 0.500. The van der Waals surface area contributed by atoms with Gasteiger partial charge in [0.1, 0.15) is 5.82 Å². The Balaban J connectivity index is 0.00000312. The number of hydrogen-bond acceptors (Lipinski definition) is 4. The van der Waals surface area contributed by atoms with Crippen molar-refractivity contribution >= 4 is 29.2 Å². The predicted molar refractivity (Wildman–Crippen MR) is 103 cm³/mol. The van der Waals surface area contributed by atoms with Gasteiger partial charge in [0.05, 0.1) is 10.9 Å². The molecule has 2 rings (SSSR count). The summed E-state index contributed by atoms with van der Waals surface area (Å²) in [5.74, 6) is 1.10. The molecule has 1 amide bonds. The van der Waals surface area contributed by atoms with E-state index in [2.05, 4.69) is 29.1 Å². The number of fused-ring (bicyclic) bond motifs is 1. The topological polar surface area (TPSA) is 101 Å². The molecule has 25 heavy (non-hydrogen) atoms. The van der Waals surface area contributed by atoms with E-state index < -0.39 is 0 Å². The van der Waals surface area contributed by atoms with E-state index in [0.717, 1.165) is 6.42 Å². The van der Waals surface area contributed by atoms with Crippen molar-refractivity contribution in [1.82, 2.24) is 15.3 Å². The van der Waals surface area contributed by atoms with E-state index in [1.807, 2.05) is 18.2 Å². The van der Waals surface area contributed by atoms with E-state index in [1.165, 1.54) is 0 Å². The normalized spacial score (nSPS) is 12.0. The number of halogens is 1. The Labute approximate surface area is 154 Å². The highest BCUT2D eigenvalue weighted by atomic mass is 35.5. The SMILES string of the molecule is CC(C)CC(CN)NC(=O)CCCc1nc2ccccc2c(=O)[nH]1.Cl. The molecule has 0 aliphatic heterocycles. The number of aromatic amines is 1. The zero-order chi connectivity index (χ0) is 17.5. The second-order valence-corrected chi connectivity index (χ2v) is 6.51. The van der Waals surface area contributed by atoms with Gasteiger partial charge in [-0.3, -0.25) is 9.59 Å². The van der Waals surface area contributed by atoms with Crippen LogP contribution in [-0.4, -0.2) is 28.5 Å². The monoisotopic (exact) mass is 366 g/mol. The van der Waals surface area contributed by atoms with Gasteiger partial charge in [0.25, 0.3) is 5.56 Å². The van der Waals surface area contributed by atoms with Crippen molar-refractivity contribution < 1.29 is 4.79 Å². The number of carbonyl (C=O) groups is 1. The summed E-state index contributed by atoms with van der Waals surface area (Å²) < 4.78 is 0. The molecule has 2 aromatic rings. The van der Waals surface area contributed by atoms with Crippen LogP contribution in [0.15, 0.2) is 29.1 Å². The van der Waals surface area contributed by atoms with Crippen LogP contribution >= 0.6 is 12.4 Å². The molecule has 0 bridgehead atoms. The van der Waals surface area contributed by atoms with Crippen molar-refractivity contribution in [3.63, 3.8) is 0 Å². The van der Waals surface area contributed by atoms with E-state index >= 15 is 0 Å². The van der Waals surface area contributed by atoms with Crippen LogP contribution in [0.25, 0.3) is 10.9 Å². The van der Waals surface area contributed by atoms with Crippen LogP contribution in [-0.2, 0) is 11.2 Å². The van der Waals surface area contributed by atoms with Crippen molar-refractivity contribution in [3.05, 3.63) is 40.4 Å². The number of nitrogens with one attached hydrogen (secondary N) is 2. The third kappa shape index (κ3) is 6.48. The molecule has 6 nitrogen and oxygen atoms in total. The highest BCUT2D eigenvalue weighted by molar-refractivity contribution is 5.85. The highest BCUT2D eigenvalue weighted by Gasteiger charge is 2.12. The molecule has 4 N–H and O–H groups in total. The van der Waals surface area contributed by atoms with Crippen LogP contribution < -0.4 is 16.6 Å². The number of benzene rings is 1. The summed E-state index contributed by atoms with van der Waals surface area (Å²) in [4.78, 5) is 31.2. The van der Waals surface area contributed by atoms with E-state index in [0.29, 0.717) is 48.5 Å². The molecule has 138 valence electrons. The van der Waals surface area contributed by atoms with Gasteiger partial charge in [-0.25, -0.2) is 4.98 Å². The molecule has 1 atom stereocenters. The van der Waals surface area contributed by atoms with Gasteiger partial charge in [-0.2, -0.15) is 0 Å². The van der Waals surface area contributed by atoms with Gasteiger partial charge in [-0.05, 0) is 30.9 Å². The maximum Gasteiger partial charge on any atom is 0.258 e. The number of amides is 1. The molecule has 1 heterocycles. The second-order valence-electron chi connectivity index (χ2n) is 6.51. The molecule has 0 spiro atoms. The van der Waals surface area contributed by atoms with Crippen LogP contribution in [0.1, 0.15) is 38.9 Å². The van der Waals surface area contributed by atoms with Crippen molar-refractivity contribution in [2.45, 2.75) is 45.6 Å². The molecule has 0 aliphatic carbocycles. The minimum atomic E-state index is -0.139. The minimum absolute atomic E-state index is 0. The third-order valence-corrected chi connectivity index (χ3v) is 3.88. The van der Waals surface area contributed by atoms with Crippen LogP contribution in [0.3, 0.4) is 0 Å². The highest BCUT2D eigenvalue weighted by Crippen LogP contribution is 2.08. The molecule has 0 saturated heterocycles. The third-order valence-electron chi connectivity index (χ3n) is 3.88. The molecule has 1 unspecified atom stereocenters. The standard InChI is InChI=1S/C18H26N4O2.ClH/c1-12(2)10-13(11-19)20-17(23)9-5-8-16-21-15-7-4-3-6-14(15)18(24)22-16;/h3-4,6-7,12-13H,5,8-11,19H2,1-2H3,(H,20,23)(H,21,22,24);1H. The Hall–Kier alpha value is -1.92. The Morgan fingerprint density at radius 2 is 2.04 bits per heavy atom. The first kappa shape index (κ1) is 21.1. The minimum Gasteiger partial charge on any atom is -0.352 e. The molecule has 0 fully saturated rings. The largest absolute Gasteiger partial charge is 0.352 e. The van der Waals surface area contributed by atoms with Gasteiger partial charge >= 0.3 is 0 Å². The number of H-pyrrole nitrogens is 1. The summed E-state index contributed by atoms with van der Waals surface area (Å²) in [7, 11) is 0. The number of rotatable bonds is 8. The number of aromatic nitrogens is 2. The lowest BCUT2D eigenvalue weighted by Crippen LogP contribution is -2.41. The Morgan fingerprint density at radius 3 is 2.72 bits per heavy atom. The molecule has 0 aliphatic rings. The van der Waals surface area contributed by atoms with Gasteiger partial charge in [-0.1, -0.05) is 26.0 Å². The van der Waals surface area contributed by atoms with E-state index in [1.54, 1.807) is 6.07 Å². The first-order chi connectivity index (χ1) is 11.5. The maximum absolute atomic E-state index is 12.0. The summed E-state index contributed by atoms with van der Waals surface area (Å²) in [6.07, 6.45) is 2.46. The summed E-state index contributed by atoms with van der Waals surface area (Å²) >= 11 is 0. The van der Waals surface area contributed by atoms with E-state index in [9.17, 15) is 9.59 Å².